The normalized spacial score (nSPS) is 10.6. The standard InChI is InChI=1S/C12H11Cl2N3S/c1-2-8-10(11(15)16)18-12(17-8)9-6(13)4-3-5-7(9)14/h3-5H,2H2,1H3,(H3,15,16). The van der Waals surface area contributed by atoms with Crippen LogP contribution in [0.3, 0.4) is 0 Å². The van der Waals surface area contributed by atoms with E-state index in [-0.39, 0.29) is 5.84 Å². The Kier molecular flexibility index (Phi) is 3.90. The van der Waals surface area contributed by atoms with Crippen LogP contribution in [-0.2, 0) is 6.42 Å². The van der Waals surface area contributed by atoms with Crippen LogP contribution < -0.4 is 5.73 Å². The van der Waals surface area contributed by atoms with Gasteiger partial charge in [0.1, 0.15) is 10.8 Å². The summed E-state index contributed by atoms with van der Waals surface area (Å²) in [6, 6.07) is 5.32. The molecule has 3 N–H and O–H groups in total. The first kappa shape index (κ1) is 13.3. The predicted octanol–water partition coefficient (Wildman–Crippen LogP) is 3.96. The van der Waals surface area contributed by atoms with Crippen LogP contribution in [-0.4, -0.2) is 10.8 Å². The van der Waals surface area contributed by atoms with Crippen LogP contribution in [0.1, 0.15) is 17.5 Å². The van der Waals surface area contributed by atoms with Crippen molar-refractivity contribution in [1.29, 1.82) is 5.41 Å². The first-order valence-electron chi connectivity index (χ1n) is 5.33. The number of nitrogens with one attached hydrogen (secondary N) is 1. The van der Waals surface area contributed by atoms with Gasteiger partial charge in [-0.05, 0) is 18.6 Å². The highest BCUT2D eigenvalue weighted by atomic mass is 35.5. The summed E-state index contributed by atoms with van der Waals surface area (Å²) >= 11 is 13.6. The lowest BCUT2D eigenvalue weighted by molar-refractivity contribution is 1.06. The number of hydrogen-bond donors (Lipinski definition) is 2. The average molecular weight is 300 g/mol. The molecule has 0 saturated carbocycles. The molecular formula is C12H11Cl2N3S. The molecule has 0 aliphatic heterocycles. The number of thiazole rings is 1. The van der Waals surface area contributed by atoms with Crippen molar-refractivity contribution < 1.29 is 0 Å². The van der Waals surface area contributed by atoms with Gasteiger partial charge in [0, 0.05) is 5.56 Å². The summed E-state index contributed by atoms with van der Waals surface area (Å²) in [4.78, 5) is 5.15. The number of nitrogens with two attached hydrogens (primary N) is 1. The monoisotopic (exact) mass is 299 g/mol. The van der Waals surface area contributed by atoms with Crippen molar-refractivity contribution >= 4 is 40.4 Å². The molecule has 1 aromatic heterocycles. The van der Waals surface area contributed by atoms with Gasteiger partial charge in [0.15, 0.2) is 0 Å². The maximum Gasteiger partial charge on any atom is 0.135 e. The van der Waals surface area contributed by atoms with Crippen molar-refractivity contribution in [3.63, 3.8) is 0 Å². The van der Waals surface area contributed by atoms with Gasteiger partial charge in [0.2, 0.25) is 0 Å². The second-order valence-corrected chi connectivity index (χ2v) is 5.47. The van der Waals surface area contributed by atoms with Crippen molar-refractivity contribution in [2.24, 2.45) is 5.73 Å². The van der Waals surface area contributed by atoms with E-state index in [0.717, 1.165) is 5.69 Å². The fourth-order valence-electron chi connectivity index (χ4n) is 1.61. The lowest BCUT2D eigenvalue weighted by atomic mass is 10.2. The number of amidine groups is 1. The molecule has 0 aliphatic carbocycles. The maximum absolute atomic E-state index is 7.54. The molecule has 0 spiro atoms. The number of rotatable bonds is 3. The minimum atomic E-state index is 0.0266. The fraction of sp³-hybridized carbons (Fsp3) is 0.167. The lowest BCUT2D eigenvalue weighted by Crippen LogP contribution is -2.11. The molecule has 0 unspecified atom stereocenters. The van der Waals surface area contributed by atoms with Crippen LogP contribution in [0, 0.1) is 5.41 Å². The van der Waals surface area contributed by atoms with E-state index in [1.807, 2.05) is 6.92 Å². The zero-order valence-electron chi connectivity index (χ0n) is 9.63. The summed E-state index contributed by atoms with van der Waals surface area (Å²) in [5, 5.41) is 9.35. The molecule has 0 amide bonds. The molecule has 0 atom stereocenters. The molecule has 2 aromatic rings. The van der Waals surface area contributed by atoms with E-state index in [1.165, 1.54) is 11.3 Å². The van der Waals surface area contributed by atoms with E-state index < -0.39 is 0 Å². The van der Waals surface area contributed by atoms with Crippen molar-refractivity contribution in [2.75, 3.05) is 0 Å². The van der Waals surface area contributed by atoms with Crippen LogP contribution in [0.4, 0.5) is 0 Å². The smallest absolute Gasteiger partial charge is 0.135 e. The SMILES string of the molecule is CCc1nc(-c2c(Cl)cccc2Cl)sc1C(=N)N. The summed E-state index contributed by atoms with van der Waals surface area (Å²) in [6.45, 7) is 1.97. The van der Waals surface area contributed by atoms with E-state index in [2.05, 4.69) is 4.98 Å². The third-order valence-corrected chi connectivity index (χ3v) is 4.23. The van der Waals surface area contributed by atoms with Gasteiger partial charge in [-0.25, -0.2) is 4.98 Å². The van der Waals surface area contributed by atoms with E-state index in [1.54, 1.807) is 18.2 Å². The number of halogens is 2. The van der Waals surface area contributed by atoms with Crippen molar-refractivity contribution in [2.45, 2.75) is 13.3 Å². The Morgan fingerprint density at radius 1 is 1.39 bits per heavy atom. The zero-order valence-corrected chi connectivity index (χ0v) is 12.0. The average Bonchev–Trinajstić information content (AvgIpc) is 2.73. The number of aryl methyl sites for hydroxylation is 1. The summed E-state index contributed by atoms with van der Waals surface area (Å²) in [5.41, 5.74) is 7.05. The quantitative estimate of drug-likeness (QED) is 0.665. The van der Waals surface area contributed by atoms with Gasteiger partial charge in [-0.2, -0.15) is 0 Å². The molecule has 1 aromatic carbocycles. The number of nitrogen functional groups attached to an aromatic ring is 1. The molecular weight excluding hydrogens is 289 g/mol. The number of nitrogens with zero attached hydrogens (tertiary/aromatic N) is 1. The first-order valence-corrected chi connectivity index (χ1v) is 6.90. The summed E-state index contributed by atoms with van der Waals surface area (Å²) in [6.07, 6.45) is 0.716. The van der Waals surface area contributed by atoms with Gasteiger partial charge in [0.05, 0.1) is 20.6 Å². The molecule has 18 heavy (non-hydrogen) atoms. The molecule has 0 bridgehead atoms. The zero-order chi connectivity index (χ0) is 13.3. The Morgan fingerprint density at radius 3 is 2.44 bits per heavy atom. The number of benzene rings is 1. The van der Waals surface area contributed by atoms with E-state index in [9.17, 15) is 0 Å². The highest BCUT2D eigenvalue weighted by Gasteiger charge is 2.17. The van der Waals surface area contributed by atoms with Crippen LogP contribution in [0.25, 0.3) is 10.6 Å². The largest absolute Gasteiger partial charge is 0.383 e. The number of hydrogen-bond acceptors (Lipinski definition) is 3. The van der Waals surface area contributed by atoms with E-state index >= 15 is 0 Å². The van der Waals surface area contributed by atoms with Gasteiger partial charge >= 0.3 is 0 Å². The van der Waals surface area contributed by atoms with Gasteiger partial charge in [-0.15, -0.1) is 11.3 Å². The topological polar surface area (TPSA) is 62.8 Å². The first-order chi connectivity index (χ1) is 8.54. The van der Waals surface area contributed by atoms with Crippen LogP contribution in [0.2, 0.25) is 10.0 Å². The van der Waals surface area contributed by atoms with Gasteiger partial charge in [-0.1, -0.05) is 36.2 Å². The Balaban J connectivity index is 2.62. The van der Waals surface area contributed by atoms with Crippen molar-refractivity contribution in [3.8, 4) is 10.6 Å². The van der Waals surface area contributed by atoms with Crippen LogP contribution in [0.15, 0.2) is 18.2 Å². The second-order valence-electron chi connectivity index (χ2n) is 3.66. The highest BCUT2D eigenvalue weighted by molar-refractivity contribution is 7.17. The lowest BCUT2D eigenvalue weighted by Gasteiger charge is -2.02. The third kappa shape index (κ3) is 2.36. The Bertz CT molecular complexity index is 587. The number of aromatic nitrogens is 1. The van der Waals surface area contributed by atoms with E-state index in [0.29, 0.717) is 31.9 Å². The molecule has 94 valence electrons. The molecule has 1 heterocycles. The van der Waals surface area contributed by atoms with Gasteiger partial charge < -0.3 is 5.73 Å². The van der Waals surface area contributed by atoms with E-state index in [4.69, 9.17) is 34.3 Å². The predicted molar refractivity (Wildman–Crippen MR) is 78.0 cm³/mol. The summed E-state index contributed by atoms with van der Waals surface area (Å²) < 4.78 is 0. The van der Waals surface area contributed by atoms with Crippen LogP contribution >= 0.6 is 34.5 Å². The summed E-state index contributed by atoms with van der Waals surface area (Å²) in [7, 11) is 0. The third-order valence-electron chi connectivity index (χ3n) is 2.45. The van der Waals surface area contributed by atoms with Gasteiger partial charge in [0.25, 0.3) is 0 Å². The molecule has 0 radical (unpaired) electrons. The molecule has 2 rings (SSSR count). The molecule has 3 nitrogen and oxygen atoms in total. The minimum Gasteiger partial charge on any atom is -0.383 e. The van der Waals surface area contributed by atoms with Crippen molar-refractivity contribution in [1.82, 2.24) is 4.98 Å². The molecule has 6 heteroatoms. The Labute approximate surface area is 119 Å². The van der Waals surface area contributed by atoms with Crippen LogP contribution in [0.5, 0.6) is 0 Å². The van der Waals surface area contributed by atoms with Crippen molar-refractivity contribution in [3.05, 3.63) is 38.8 Å². The molecule has 0 saturated heterocycles. The molecule has 0 aliphatic rings. The minimum absolute atomic E-state index is 0.0266. The summed E-state index contributed by atoms with van der Waals surface area (Å²) in [5.74, 6) is 0.0266. The fourth-order valence-corrected chi connectivity index (χ4v) is 3.39. The second kappa shape index (κ2) is 5.26. The Hall–Kier alpha value is -1.10. The van der Waals surface area contributed by atoms with Gasteiger partial charge in [-0.3, -0.25) is 5.41 Å². The Morgan fingerprint density at radius 2 is 2.00 bits per heavy atom. The molecule has 0 fully saturated rings. The maximum atomic E-state index is 7.54. The highest BCUT2D eigenvalue weighted by Crippen LogP contribution is 2.37.